The minimum absolute atomic E-state index is 0.556. The summed E-state index contributed by atoms with van der Waals surface area (Å²) < 4.78 is 0. The monoisotopic (exact) mass is 222 g/mol. The average Bonchev–Trinajstić information content (AvgIpc) is 2.16. The molecule has 0 N–H and O–H groups in total. The zero-order valence-electron chi connectivity index (χ0n) is 9.29. The van der Waals surface area contributed by atoms with Gasteiger partial charge in [0.25, 0.3) is 0 Å². The largest absolute Gasteiger partial charge is 0.373 e. The zero-order valence-corrected chi connectivity index (χ0v) is 10.0. The van der Waals surface area contributed by atoms with Gasteiger partial charge in [0.2, 0.25) is 0 Å². The summed E-state index contributed by atoms with van der Waals surface area (Å²) in [6, 6.07) is 7.51. The minimum atomic E-state index is 0.556. The summed E-state index contributed by atoms with van der Waals surface area (Å²) in [5.74, 6) is 0.556. The molecule has 0 radical (unpaired) electrons. The molecule has 3 heteroatoms. The van der Waals surface area contributed by atoms with Crippen LogP contribution in [-0.4, -0.2) is 13.6 Å². The lowest BCUT2D eigenvalue weighted by Gasteiger charge is -2.22. The van der Waals surface area contributed by atoms with E-state index < -0.39 is 0 Å². The van der Waals surface area contributed by atoms with E-state index in [4.69, 9.17) is 16.9 Å². The van der Waals surface area contributed by atoms with Gasteiger partial charge in [0, 0.05) is 18.6 Å². The second kappa shape index (κ2) is 5.04. The normalized spacial score (nSPS) is 10.1. The molecule has 0 fully saturated rings. The SMILES string of the molecule is CC(C)CN(C)c1cc(Cl)ccc1C#N. The summed E-state index contributed by atoms with van der Waals surface area (Å²) in [6.45, 7) is 5.20. The lowest BCUT2D eigenvalue weighted by molar-refractivity contribution is 0.638. The maximum Gasteiger partial charge on any atom is 0.101 e. The molecule has 0 amide bonds. The van der Waals surface area contributed by atoms with Crippen LogP contribution in [0.5, 0.6) is 0 Å². The van der Waals surface area contributed by atoms with Crippen molar-refractivity contribution in [2.75, 3.05) is 18.5 Å². The van der Waals surface area contributed by atoms with Crippen molar-refractivity contribution in [3.8, 4) is 6.07 Å². The Bertz CT molecular complexity index is 380. The van der Waals surface area contributed by atoms with Gasteiger partial charge in [0.1, 0.15) is 6.07 Å². The van der Waals surface area contributed by atoms with Gasteiger partial charge >= 0.3 is 0 Å². The van der Waals surface area contributed by atoms with Gasteiger partial charge in [0.15, 0.2) is 0 Å². The summed E-state index contributed by atoms with van der Waals surface area (Å²) >= 11 is 5.92. The number of anilines is 1. The van der Waals surface area contributed by atoms with Crippen LogP contribution in [0, 0.1) is 17.2 Å². The number of nitrogens with zero attached hydrogens (tertiary/aromatic N) is 2. The van der Waals surface area contributed by atoms with Crippen LogP contribution in [0.15, 0.2) is 18.2 Å². The van der Waals surface area contributed by atoms with Crippen LogP contribution in [0.2, 0.25) is 5.02 Å². The summed E-state index contributed by atoms with van der Waals surface area (Å²) in [5.41, 5.74) is 1.57. The Balaban J connectivity index is 3.01. The Morgan fingerprint density at radius 2 is 2.13 bits per heavy atom. The van der Waals surface area contributed by atoms with Crippen molar-refractivity contribution >= 4 is 17.3 Å². The molecular weight excluding hydrogens is 208 g/mol. The molecule has 0 heterocycles. The minimum Gasteiger partial charge on any atom is -0.373 e. The lowest BCUT2D eigenvalue weighted by atomic mass is 10.1. The van der Waals surface area contributed by atoms with Gasteiger partial charge in [-0.05, 0) is 24.1 Å². The molecule has 0 aliphatic carbocycles. The average molecular weight is 223 g/mol. The highest BCUT2D eigenvalue weighted by molar-refractivity contribution is 6.30. The molecule has 0 bridgehead atoms. The van der Waals surface area contributed by atoms with Gasteiger partial charge in [-0.2, -0.15) is 5.26 Å². The fourth-order valence-electron chi connectivity index (χ4n) is 1.56. The second-order valence-electron chi connectivity index (χ2n) is 4.05. The van der Waals surface area contributed by atoms with Gasteiger partial charge in [0.05, 0.1) is 11.3 Å². The molecule has 2 nitrogen and oxygen atoms in total. The topological polar surface area (TPSA) is 27.0 Å². The van der Waals surface area contributed by atoms with E-state index in [1.54, 1.807) is 12.1 Å². The second-order valence-corrected chi connectivity index (χ2v) is 4.48. The first-order valence-electron chi connectivity index (χ1n) is 4.95. The van der Waals surface area contributed by atoms with E-state index >= 15 is 0 Å². The van der Waals surface area contributed by atoms with E-state index in [1.807, 2.05) is 13.1 Å². The quantitative estimate of drug-likeness (QED) is 0.785. The van der Waals surface area contributed by atoms with Gasteiger partial charge in [-0.3, -0.25) is 0 Å². The number of halogens is 1. The van der Waals surface area contributed by atoms with Gasteiger partial charge in [-0.1, -0.05) is 25.4 Å². The first kappa shape index (κ1) is 11.9. The number of rotatable bonds is 3. The van der Waals surface area contributed by atoms with Crippen molar-refractivity contribution in [2.24, 2.45) is 5.92 Å². The third kappa shape index (κ3) is 3.14. The zero-order chi connectivity index (χ0) is 11.4. The van der Waals surface area contributed by atoms with Crippen LogP contribution < -0.4 is 4.90 Å². The fourth-order valence-corrected chi connectivity index (χ4v) is 1.73. The van der Waals surface area contributed by atoms with E-state index in [1.165, 1.54) is 0 Å². The number of hydrogen-bond acceptors (Lipinski definition) is 2. The molecule has 0 atom stereocenters. The van der Waals surface area contributed by atoms with Crippen molar-refractivity contribution in [1.82, 2.24) is 0 Å². The molecule has 0 saturated heterocycles. The highest BCUT2D eigenvalue weighted by Gasteiger charge is 2.09. The lowest BCUT2D eigenvalue weighted by Crippen LogP contribution is -2.23. The summed E-state index contributed by atoms with van der Waals surface area (Å²) in [6.07, 6.45) is 0. The van der Waals surface area contributed by atoms with Crippen LogP contribution >= 0.6 is 11.6 Å². The molecule has 0 spiro atoms. The van der Waals surface area contributed by atoms with Crippen LogP contribution in [0.4, 0.5) is 5.69 Å². The molecule has 1 aromatic carbocycles. The van der Waals surface area contributed by atoms with Crippen molar-refractivity contribution in [3.05, 3.63) is 28.8 Å². The Kier molecular flexibility index (Phi) is 3.99. The molecule has 1 rings (SSSR count). The Labute approximate surface area is 96.1 Å². The third-order valence-corrected chi connectivity index (χ3v) is 2.37. The highest BCUT2D eigenvalue weighted by atomic mass is 35.5. The maximum absolute atomic E-state index is 8.97. The molecule has 1 aromatic rings. The van der Waals surface area contributed by atoms with Crippen LogP contribution in [0.1, 0.15) is 19.4 Å². The van der Waals surface area contributed by atoms with Crippen molar-refractivity contribution in [2.45, 2.75) is 13.8 Å². The summed E-state index contributed by atoms with van der Waals surface area (Å²) in [7, 11) is 1.98. The van der Waals surface area contributed by atoms with Gasteiger partial charge in [-0.25, -0.2) is 0 Å². The smallest absolute Gasteiger partial charge is 0.101 e. The van der Waals surface area contributed by atoms with E-state index in [-0.39, 0.29) is 0 Å². The molecule has 0 aliphatic rings. The first-order valence-corrected chi connectivity index (χ1v) is 5.33. The Hall–Kier alpha value is -1.20. The first-order chi connectivity index (χ1) is 7.04. The maximum atomic E-state index is 8.97. The molecule has 15 heavy (non-hydrogen) atoms. The standard InChI is InChI=1S/C12H15ClN2/c1-9(2)8-15(3)12-6-11(13)5-4-10(12)7-14/h4-6,9H,8H2,1-3H3. The molecule has 0 aliphatic heterocycles. The molecular formula is C12H15ClN2. The number of hydrogen-bond donors (Lipinski definition) is 0. The van der Waals surface area contributed by atoms with Crippen molar-refractivity contribution < 1.29 is 0 Å². The van der Waals surface area contributed by atoms with E-state index in [0.717, 1.165) is 12.2 Å². The predicted molar refractivity (Wildman–Crippen MR) is 64.3 cm³/mol. The van der Waals surface area contributed by atoms with Crippen molar-refractivity contribution in [1.29, 1.82) is 5.26 Å². The fraction of sp³-hybridized carbons (Fsp3) is 0.417. The summed E-state index contributed by atoms with van der Waals surface area (Å²) in [4.78, 5) is 2.06. The highest BCUT2D eigenvalue weighted by Crippen LogP contribution is 2.23. The number of nitriles is 1. The Morgan fingerprint density at radius 1 is 1.47 bits per heavy atom. The summed E-state index contributed by atoms with van der Waals surface area (Å²) in [5, 5.41) is 9.64. The Morgan fingerprint density at radius 3 is 2.67 bits per heavy atom. The van der Waals surface area contributed by atoms with Gasteiger partial charge in [-0.15, -0.1) is 0 Å². The van der Waals surface area contributed by atoms with Crippen molar-refractivity contribution in [3.63, 3.8) is 0 Å². The van der Waals surface area contributed by atoms with E-state index in [2.05, 4.69) is 24.8 Å². The predicted octanol–water partition coefficient (Wildman–Crippen LogP) is 3.30. The number of benzene rings is 1. The molecule has 0 aromatic heterocycles. The van der Waals surface area contributed by atoms with Crippen LogP contribution in [0.3, 0.4) is 0 Å². The van der Waals surface area contributed by atoms with Gasteiger partial charge < -0.3 is 4.90 Å². The van der Waals surface area contributed by atoms with Crippen LogP contribution in [-0.2, 0) is 0 Å². The van der Waals surface area contributed by atoms with E-state index in [0.29, 0.717) is 16.5 Å². The van der Waals surface area contributed by atoms with Crippen LogP contribution in [0.25, 0.3) is 0 Å². The third-order valence-electron chi connectivity index (χ3n) is 2.13. The molecule has 80 valence electrons. The van der Waals surface area contributed by atoms with E-state index in [9.17, 15) is 0 Å². The molecule has 0 unspecified atom stereocenters. The molecule has 0 saturated carbocycles.